The average Bonchev–Trinajstić information content (AvgIpc) is 3.29. The lowest BCUT2D eigenvalue weighted by Crippen LogP contribution is -2.32. The van der Waals surface area contributed by atoms with Crippen LogP contribution in [0.1, 0.15) is 27.9 Å². The molecule has 146 valence electrons. The molecule has 3 aromatic rings. The molecule has 1 fully saturated rings. The molecule has 0 bridgehead atoms. The summed E-state index contributed by atoms with van der Waals surface area (Å²) in [6, 6.07) is 18.4. The number of rotatable bonds is 4. The van der Waals surface area contributed by atoms with Crippen LogP contribution in [0.4, 0.5) is 0 Å². The van der Waals surface area contributed by atoms with E-state index in [9.17, 15) is 4.79 Å². The van der Waals surface area contributed by atoms with Crippen LogP contribution in [0.25, 0.3) is 11.3 Å². The second kappa shape index (κ2) is 8.59. The van der Waals surface area contributed by atoms with Crippen molar-refractivity contribution in [2.75, 3.05) is 13.1 Å². The number of carbonyl (C=O) groups is 1. The second-order valence-electron chi connectivity index (χ2n) is 7.24. The molecule has 0 aliphatic carbocycles. The van der Waals surface area contributed by atoms with E-state index < -0.39 is 0 Å². The average molecular weight is 397 g/mol. The highest BCUT2D eigenvalue weighted by Gasteiger charge is 2.28. The Bertz CT molecular complexity index is 937. The number of carbonyl (C=O) groups excluding carboxylic acids is 1. The van der Waals surface area contributed by atoms with Crippen molar-refractivity contribution in [2.24, 2.45) is 5.73 Å². The Morgan fingerprint density at radius 2 is 1.86 bits per heavy atom. The zero-order valence-corrected chi connectivity index (χ0v) is 16.7. The van der Waals surface area contributed by atoms with Gasteiger partial charge < -0.3 is 10.6 Å². The van der Waals surface area contributed by atoms with Crippen molar-refractivity contribution in [2.45, 2.75) is 25.9 Å². The minimum atomic E-state index is 0. The number of aryl methyl sites for hydroxylation is 1. The van der Waals surface area contributed by atoms with E-state index in [0.29, 0.717) is 25.2 Å². The van der Waals surface area contributed by atoms with Crippen LogP contribution in [0, 0.1) is 6.92 Å². The molecular weight excluding hydrogens is 372 g/mol. The molecule has 1 aromatic heterocycles. The Balaban J connectivity index is 0.00000225. The Labute approximate surface area is 171 Å². The number of hydrogen-bond acceptors (Lipinski definition) is 3. The fourth-order valence-corrected chi connectivity index (χ4v) is 3.50. The van der Waals surface area contributed by atoms with Crippen molar-refractivity contribution in [3.8, 4) is 11.3 Å². The van der Waals surface area contributed by atoms with Crippen LogP contribution in [0.15, 0.2) is 60.8 Å². The number of nitrogens with zero attached hydrogens (tertiary/aromatic N) is 3. The molecule has 1 atom stereocenters. The number of halogens is 1. The van der Waals surface area contributed by atoms with E-state index in [0.717, 1.165) is 23.2 Å². The van der Waals surface area contributed by atoms with Crippen molar-refractivity contribution < 1.29 is 4.79 Å². The molecule has 2 heterocycles. The summed E-state index contributed by atoms with van der Waals surface area (Å²) < 4.78 is 1.85. The van der Waals surface area contributed by atoms with Gasteiger partial charge in [-0.3, -0.25) is 9.48 Å². The monoisotopic (exact) mass is 396 g/mol. The maximum absolute atomic E-state index is 13.1. The van der Waals surface area contributed by atoms with Crippen molar-refractivity contribution in [3.63, 3.8) is 0 Å². The summed E-state index contributed by atoms with van der Waals surface area (Å²) in [4.78, 5) is 15.0. The van der Waals surface area contributed by atoms with Crippen molar-refractivity contribution in [1.82, 2.24) is 14.7 Å². The molecule has 0 radical (unpaired) electrons. The van der Waals surface area contributed by atoms with E-state index in [-0.39, 0.29) is 24.4 Å². The third-order valence-electron chi connectivity index (χ3n) is 5.02. The second-order valence-corrected chi connectivity index (χ2v) is 7.24. The topological polar surface area (TPSA) is 64.2 Å². The molecule has 1 amide bonds. The van der Waals surface area contributed by atoms with Gasteiger partial charge in [0.05, 0.1) is 12.1 Å². The summed E-state index contributed by atoms with van der Waals surface area (Å²) in [6.07, 6.45) is 2.72. The Morgan fingerprint density at radius 3 is 2.50 bits per heavy atom. The molecule has 5 nitrogen and oxygen atoms in total. The quantitative estimate of drug-likeness (QED) is 0.734. The van der Waals surface area contributed by atoms with E-state index in [1.807, 2.05) is 58.2 Å². The maximum atomic E-state index is 13.1. The van der Waals surface area contributed by atoms with Gasteiger partial charge in [0, 0.05) is 30.9 Å². The smallest absolute Gasteiger partial charge is 0.257 e. The zero-order valence-electron chi connectivity index (χ0n) is 15.9. The van der Waals surface area contributed by atoms with Gasteiger partial charge >= 0.3 is 0 Å². The lowest BCUT2D eigenvalue weighted by molar-refractivity contribution is 0.0791. The summed E-state index contributed by atoms with van der Waals surface area (Å²) in [5.74, 6) is 0.0119. The summed E-state index contributed by atoms with van der Waals surface area (Å²) in [5, 5.41) is 4.75. The highest BCUT2D eigenvalue weighted by molar-refractivity contribution is 6.00. The molecule has 28 heavy (non-hydrogen) atoms. The van der Waals surface area contributed by atoms with Gasteiger partial charge in [-0.25, -0.2) is 0 Å². The number of nitrogens with two attached hydrogens (primary N) is 1. The predicted octanol–water partition coefficient (Wildman–Crippen LogP) is 3.50. The van der Waals surface area contributed by atoms with Crippen LogP contribution in [0.2, 0.25) is 0 Å². The van der Waals surface area contributed by atoms with Gasteiger partial charge in [0.2, 0.25) is 0 Å². The highest BCUT2D eigenvalue weighted by Crippen LogP contribution is 2.25. The molecule has 0 unspecified atom stereocenters. The van der Waals surface area contributed by atoms with Gasteiger partial charge in [-0.2, -0.15) is 5.10 Å². The summed E-state index contributed by atoms with van der Waals surface area (Å²) >= 11 is 0. The molecule has 1 aliphatic rings. The molecule has 1 aliphatic heterocycles. The molecule has 2 N–H and O–H groups in total. The molecule has 1 saturated heterocycles. The highest BCUT2D eigenvalue weighted by atomic mass is 35.5. The first-order valence-electron chi connectivity index (χ1n) is 9.33. The fraction of sp³-hybridized carbons (Fsp3) is 0.273. The SMILES string of the molecule is Cc1ccc(-c2nn(Cc3ccccc3)cc2C(=O)N2CC[C@@H](N)C2)cc1.Cl. The lowest BCUT2D eigenvalue weighted by atomic mass is 10.1. The number of benzene rings is 2. The van der Waals surface area contributed by atoms with E-state index in [4.69, 9.17) is 10.8 Å². The van der Waals surface area contributed by atoms with Crippen molar-refractivity contribution >= 4 is 18.3 Å². The third kappa shape index (κ3) is 4.26. The maximum Gasteiger partial charge on any atom is 0.257 e. The van der Waals surface area contributed by atoms with Crippen LogP contribution in [0.5, 0.6) is 0 Å². The molecule has 6 heteroatoms. The fourth-order valence-electron chi connectivity index (χ4n) is 3.50. The number of amides is 1. The lowest BCUT2D eigenvalue weighted by Gasteiger charge is -2.15. The number of hydrogen-bond donors (Lipinski definition) is 1. The van der Waals surface area contributed by atoms with Crippen LogP contribution >= 0.6 is 12.4 Å². The van der Waals surface area contributed by atoms with Gasteiger partial charge in [-0.15, -0.1) is 12.4 Å². The minimum Gasteiger partial charge on any atom is -0.337 e. The Kier molecular flexibility index (Phi) is 6.17. The molecule has 0 spiro atoms. The molecule has 0 saturated carbocycles. The number of aromatic nitrogens is 2. The first kappa shape index (κ1) is 20.1. The normalized spacial score (nSPS) is 16.1. The number of likely N-dealkylation sites (tertiary alicyclic amines) is 1. The van der Waals surface area contributed by atoms with Gasteiger partial charge in [0.15, 0.2) is 0 Å². The third-order valence-corrected chi connectivity index (χ3v) is 5.02. The standard InChI is InChI=1S/C22H24N4O.ClH/c1-16-7-9-18(10-8-16)21-20(22(27)25-12-11-19(23)14-25)15-26(24-21)13-17-5-3-2-4-6-17;/h2-10,15,19H,11-14,23H2,1H3;1H/t19-;/m1./s1. The first-order valence-corrected chi connectivity index (χ1v) is 9.33. The zero-order chi connectivity index (χ0) is 18.8. The van der Waals surface area contributed by atoms with Crippen LogP contribution in [-0.2, 0) is 6.54 Å². The van der Waals surface area contributed by atoms with Crippen molar-refractivity contribution in [3.05, 3.63) is 77.5 Å². The van der Waals surface area contributed by atoms with Crippen LogP contribution < -0.4 is 5.73 Å². The predicted molar refractivity (Wildman–Crippen MR) is 114 cm³/mol. The van der Waals surface area contributed by atoms with E-state index in [1.165, 1.54) is 5.56 Å². The van der Waals surface area contributed by atoms with Gasteiger partial charge in [0.25, 0.3) is 5.91 Å². The van der Waals surface area contributed by atoms with Gasteiger partial charge in [-0.1, -0.05) is 60.2 Å². The molecule has 2 aromatic carbocycles. The molecular formula is C22H25ClN4O. The Hall–Kier alpha value is -2.63. The van der Waals surface area contributed by atoms with Crippen molar-refractivity contribution in [1.29, 1.82) is 0 Å². The van der Waals surface area contributed by atoms with Gasteiger partial charge in [-0.05, 0) is 18.9 Å². The minimum absolute atomic E-state index is 0. The largest absolute Gasteiger partial charge is 0.337 e. The van der Waals surface area contributed by atoms with E-state index in [1.54, 1.807) is 0 Å². The van der Waals surface area contributed by atoms with Crippen LogP contribution in [-0.4, -0.2) is 39.7 Å². The summed E-state index contributed by atoms with van der Waals surface area (Å²) in [6.45, 7) is 4.00. The van der Waals surface area contributed by atoms with E-state index in [2.05, 4.69) is 19.1 Å². The molecule has 4 rings (SSSR count). The van der Waals surface area contributed by atoms with E-state index >= 15 is 0 Å². The Morgan fingerprint density at radius 1 is 1.14 bits per heavy atom. The first-order chi connectivity index (χ1) is 13.1. The summed E-state index contributed by atoms with van der Waals surface area (Å²) in [7, 11) is 0. The summed E-state index contributed by atoms with van der Waals surface area (Å²) in [5.41, 5.74) is 10.7. The van der Waals surface area contributed by atoms with Gasteiger partial charge in [0.1, 0.15) is 5.69 Å². The van der Waals surface area contributed by atoms with Crippen LogP contribution in [0.3, 0.4) is 0 Å².